The van der Waals surface area contributed by atoms with Gasteiger partial charge in [0.1, 0.15) is 17.2 Å². The van der Waals surface area contributed by atoms with Crippen molar-refractivity contribution in [3.8, 4) is 33.9 Å². The average Bonchev–Trinajstić information content (AvgIpc) is 2.80. The zero-order valence-corrected chi connectivity index (χ0v) is 16.5. The highest BCUT2D eigenvalue weighted by Gasteiger charge is 2.31. The SMILES string of the molecule is NC(=O)c1cccc(-c2ccc(Oc3ccc(C(F)(F)F)cc3-c3ccncc3)cc2)n1. The van der Waals surface area contributed by atoms with E-state index in [0.717, 1.165) is 17.7 Å². The van der Waals surface area contributed by atoms with Crippen LogP contribution in [-0.2, 0) is 6.18 Å². The third-order valence-electron chi connectivity index (χ3n) is 4.68. The van der Waals surface area contributed by atoms with Gasteiger partial charge in [-0.25, -0.2) is 4.98 Å². The number of carbonyl (C=O) groups excluding carboxylic acids is 1. The molecule has 0 aliphatic rings. The Morgan fingerprint density at radius 1 is 0.875 bits per heavy atom. The number of aromatic nitrogens is 2. The summed E-state index contributed by atoms with van der Waals surface area (Å²) in [6, 6.07) is 18.3. The number of amides is 1. The minimum atomic E-state index is -4.48. The van der Waals surface area contributed by atoms with Crippen LogP contribution in [0.25, 0.3) is 22.4 Å². The summed E-state index contributed by atoms with van der Waals surface area (Å²) in [6.07, 6.45) is -1.48. The number of nitrogens with two attached hydrogens (primary N) is 1. The smallest absolute Gasteiger partial charge is 0.416 e. The number of hydrogen-bond acceptors (Lipinski definition) is 4. The van der Waals surface area contributed by atoms with Crippen LogP contribution >= 0.6 is 0 Å². The Kier molecular flexibility index (Phi) is 5.59. The maximum absolute atomic E-state index is 13.2. The molecule has 2 aromatic carbocycles. The minimum absolute atomic E-state index is 0.148. The molecule has 0 saturated carbocycles. The van der Waals surface area contributed by atoms with E-state index in [4.69, 9.17) is 10.5 Å². The van der Waals surface area contributed by atoms with E-state index >= 15 is 0 Å². The monoisotopic (exact) mass is 435 g/mol. The van der Waals surface area contributed by atoms with Crippen LogP contribution < -0.4 is 10.5 Å². The van der Waals surface area contributed by atoms with Crippen molar-refractivity contribution in [2.24, 2.45) is 5.73 Å². The van der Waals surface area contributed by atoms with Crippen LogP contribution in [0.2, 0.25) is 0 Å². The molecule has 4 rings (SSSR count). The van der Waals surface area contributed by atoms with Gasteiger partial charge in [0.25, 0.3) is 5.91 Å². The lowest BCUT2D eigenvalue weighted by Crippen LogP contribution is -2.12. The maximum atomic E-state index is 13.2. The lowest BCUT2D eigenvalue weighted by molar-refractivity contribution is -0.137. The first-order valence-electron chi connectivity index (χ1n) is 9.48. The molecule has 4 aromatic rings. The molecule has 2 aromatic heterocycles. The van der Waals surface area contributed by atoms with Gasteiger partial charge >= 0.3 is 6.18 Å². The molecule has 0 atom stereocenters. The van der Waals surface area contributed by atoms with Crippen molar-refractivity contribution < 1.29 is 22.7 Å². The molecule has 0 bridgehead atoms. The zero-order valence-electron chi connectivity index (χ0n) is 16.5. The van der Waals surface area contributed by atoms with Gasteiger partial charge in [-0.1, -0.05) is 6.07 Å². The van der Waals surface area contributed by atoms with Gasteiger partial charge in [0.15, 0.2) is 0 Å². The Labute approximate surface area is 181 Å². The molecule has 2 heterocycles. The molecule has 0 aliphatic carbocycles. The van der Waals surface area contributed by atoms with E-state index < -0.39 is 17.6 Å². The van der Waals surface area contributed by atoms with Gasteiger partial charge in [-0.05, 0) is 72.3 Å². The van der Waals surface area contributed by atoms with E-state index in [1.807, 2.05) is 0 Å². The van der Waals surface area contributed by atoms with Gasteiger partial charge in [-0.3, -0.25) is 9.78 Å². The molecule has 0 radical (unpaired) electrons. The lowest BCUT2D eigenvalue weighted by atomic mass is 10.0. The summed E-state index contributed by atoms with van der Waals surface area (Å²) in [6.45, 7) is 0. The van der Waals surface area contributed by atoms with Crippen molar-refractivity contribution in [1.29, 1.82) is 0 Å². The number of halogens is 3. The number of benzene rings is 2. The second-order valence-electron chi connectivity index (χ2n) is 6.84. The molecule has 0 saturated heterocycles. The molecule has 1 amide bonds. The summed E-state index contributed by atoms with van der Waals surface area (Å²) in [5, 5.41) is 0. The fourth-order valence-electron chi connectivity index (χ4n) is 3.11. The van der Waals surface area contributed by atoms with E-state index in [0.29, 0.717) is 22.6 Å². The number of pyridine rings is 2. The molecule has 32 heavy (non-hydrogen) atoms. The molecule has 5 nitrogen and oxygen atoms in total. The van der Waals surface area contributed by atoms with E-state index in [1.165, 1.54) is 24.5 Å². The number of hydrogen-bond donors (Lipinski definition) is 1. The minimum Gasteiger partial charge on any atom is -0.457 e. The number of primary amides is 1. The summed E-state index contributed by atoms with van der Waals surface area (Å²) < 4.78 is 45.6. The first-order valence-corrected chi connectivity index (χ1v) is 9.48. The van der Waals surface area contributed by atoms with Crippen LogP contribution in [0.1, 0.15) is 16.1 Å². The number of ether oxygens (including phenoxy) is 1. The number of rotatable bonds is 5. The van der Waals surface area contributed by atoms with Crippen molar-refractivity contribution >= 4 is 5.91 Å². The van der Waals surface area contributed by atoms with Crippen LogP contribution in [0, 0.1) is 0 Å². The van der Waals surface area contributed by atoms with Crippen LogP contribution in [0.4, 0.5) is 13.2 Å². The Morgan fingerprint density at radius 2 is 1.59 bits per heavy atom. The van der Waals surface area contributed by atoms with E-state index in [1.54, 1.807) is 48.5 Å². The predicted octanol–water partition coefficient (Wildman–Crippen LogP) is 5.72. The van der Waals surface area contributed by atoms with Crippen molar-refractivity contribution in [2.75, 3.05) is 0 Å². The summed E-state index contributed by atoms with van der Waals surface area (Å²) in [5.74, 6) is 0.0680. The van der Waals surface area contributed by atoms with Gasteiger partial charge < -0.3 is 10.5 Å². The second-order valence-corrected chi connectivity index (χ2v) is 6.84. The first kappa shape index (κ1) is 21.0. The van der Waals surface area contributed by atoms with Gasteiger partial charge in [-0.15, -0.1) is 0 Å². The molecule has 8 heteroatoms. The van der Waals surface area contributed by atoms with Gasteiger partial charge in [-0.2, -0.15) is 13.2 Å². The normalized spacial score (nSPS) is 11.2. The van der Waals surface area contributed by atoms with Crippen molar-refractivity contribution in [3.63, 3.8) is 0 Å². The standard InChI is InChI=1S/C24H16F3N3O2/c25-24(26,27)17-6-9-22(19(14-17)15-10-12-29-13-11-15)32-18-7-4-16(5-8-18)20-2-1-3-21(30-20)23(28)31/h1-14H,(H2,28,31). The Balaban J connectivity index is 1.66. The number of alkyl halides is 3. The van der Waals surface area contributed by atoms with Crippen LogP contribution in [-0.4, -0.2) is 15.9 Å². The van der Waals surface area contributed by atoms with E-state index in [9.17, 15) is 18.0 Å². The Morgan fingerprint density at radius 3 is 2.25 bits per heavy atom. The summed E-state index contributed by atoms with van der Waals surface area (Å²) >= 11 is 0. The van der Waals surface area contributed by atoms with Crippen molar-refractivity contribution in [2.45, 2.75) is 6.18 Å². The van der Waals surface area contributed by atoms with Gasteiger partial charge in [0, 0.05) is 23.5 Å². The third-order valence-corrected chi connectivity index (χ3v) is 4.68. The molecule has 2 N–H and O–H groups in total. The van der Waals surface area contributed by atoms with E-state index in [2.05, 4.69) is 9.97 Å². The highest BCUT2D eigenvalue weighted by molar-refractivity contribution is 5.91. The van der Waals surface area contributed by atoms with Crippen molar-refractivity contribution in [3.05, 3.63) is 96.4 Å². The zero-order chi connectivity index (χ0) is 22.7. The lowest BCUT2D eigenvalue weighted by Gasteiger charge is -2.15. The Hall–Kier alpha value is -4.20. The van der Waals surface area contributed by atoms with Crippen molar-refractivity contribution in [1.82, 2.24) is 9.97 Å². The number of carbonyl (C=O) groups is 1. The van der Waals surface area contributed by atoms with Crippen LogP contribution in [0.5, 0.6) is 11.5 Å². The quantitative estimate of drug-likeness (QED) is 0.435. The largest absolute Gasteiger partial charge is 0.457 e. The fourth-order valence-corrected chi connectivity index (χ4v) is 3.11. The Bertz CT molecular complexity index is 1260. The molecular weight excluding hydrogens is 419 g/mol. The van der Waals surface area contributed by atoms with Crippen LogP contribution in [0.15, 0.2) is 85.2 Å². The number of nitrogens with zero attached hydrogens (tertiary/aromatic N) is 2. The molecular formula is C24H16F3N3O2. The van der Waals surface area contributed by atoms with Gasteiger partial charge in [0.2, 0.25) is 0 Å². The average molecular weight is 435 g/mol. The molecule has 160 valence electrons. The topological polar surface area (TPSA) is 78.1 Å². The summed E-state index contributed by atoms with van der Waals surface area (Å²) in [7, 11) is 0. The third kappa shape index (κ3) is 4.59. The molecule has 0 fully saturated rings. The molecule has 0 spiro atoms. The first-order chi connectivity index (χ1) is 15.3. The van der Waals surface area contributed by atoms with Gasteiger partial charge in [0.05, 0.1) is 11.3 Å². The second kappa shape index (κ2) is 8.50. The highest BCUT2D eigenvalue weighted by Crippen LogP contribution is 2.39. The fraction of sp³-hybridized carbons (Fsp3) is 0.0417. The maximum Gasteiger partial charge on any atom is 0.416 e. The van der Waals surface area contributed by atoms with E-state index in [-0.39, 0.29) is 11.4 Å². The summed E-state index contributed by atoms with van der Waals surface area (Å²) in [4.78, 5) is 19.5. The molecule has 0 aliphatic heterocycles. The highest BCUT2D eigenvalue weighted by atomic mass is 19.4. The summed E-state index contributed by atoms with van der Waals surface area (Å²) in [5.41, 5.74) is 6.77. The van der Waals surface area contributed by atoms with Crippen LogP contribution in [0.3, 0.4) is 0 Å². The molecule has 0 unspecified atom stereocenters. The predicted molar refractivity (Wildman–Crippen MR) is 113 cm³/mol.